The van der Waals surface area contributed by atoms with Crippen molar-refractivity contribution in [1.29, 1.82) is 0 Å². The van der Waals surface area contributed by atoms with E-state index in [2.05, 4.69) is 15.6 Å². The smallest absolute Gasteiger partial charge is 0.408 e. The van der Waals surface area contributed by atoms with Crippen LogP contribution >= 0.6 is 23.4 Å². The minimum atomic E-state index is -0.859. The summed E-state index contributed by atoms with van der Waals surface area (Å²) in [4.78, 5) is 44.4. The van der Waals surface area contributed by atoms with Crippen LogP contribution in [0.2, 0.25) is 5.02 Å². The van der Waals surface area contributed by atoms with Gasteiger partial charge in [-0.15, -0.1) is 0 Å². The van der Waals surface area contributed by atoms with Gasteiger partial charge in [-0.3, -0.25) is 14.5 Å². The lowest BCUT2D eigenvalue weighted by molar-refractivity contribution is -0.126. The second-order valence-corrected chi connectivity index (χ2v) is 11.0. The molecule has 3 amide bonds. The minimum Gasteiger partial charge on any atom is -0.467 e. The van der Waals surface area contributed by atoms with Crippen molar-refractivity contribution in [2.75, 3.05) is 5.32 Å². The molecule has 1 saturated heterocycles. The molecule has 1 fully saturated rings. The number of hydrogen-bond acceptors (Lipinski definition) is 7. The van der Waals surface area contributed by atoms with E-state index in [-0.39, 0.29) is 24.1 Å². The van der Waals surface area contributed by atoms with Crippen LogP contribution in [0.1, 0.15) is 29.1 Å². The molecule has 1 aliphatic rings. The molecule has 220 valence electrons. The van der Waals surface area contributed by atoms with E-state index < -0.39 is 29.1 Å². The van der Waals surface area contributed by atoms with E-state index in [0.717, 1.165) is 11.6 Å². The number of amidine groups is 1. The summed E-state index contributed by atoms with van der Waals surface area (Å²) in [5.74, 6) is -0.583. The lowest BCUT2D eigenvalue weighted by Crippen LogP contribution is -2.41. The van der Waals surface area contributed by atoms with Gasteiger partial charge in [-0.2, -0.15) is 0 Å². The predicted molar refractivity (Wildman–Crippen MR) is 162 cm³/mol. The Kier molecular flexibility index (Phi) is 9.43. The summed E-state index contributed by atoms with van der Waals surface area (Å²) >= 11 is 7.42. The first kappa shape index (κ1) is 29.9. The van der Waals surface area contributed by atoms with E-state index in [1.165, 1.54) is 35.1 Å². The maximum Gasteiger partial charge on any atom is 0.408 e. The number of anilines is 1. The minimum absolute atomic E-state index is 0.0860. The molecular formula is C31H26ClFN4O5S. The number of halogens is 2. The van der Waals surface area contributed by atoms with Crippen LogP contribution in [-0.2, 0) is 27.5 Å². The third-order valence-electron chi connectivity index (χ3n) is 6.39. The third-order valence-corrected chi connectivity index (χ3v) is 7.92. The van der Waals surface area contributed by atoms with Crippen molar-refractivity contribution in [2.24, 2.45) is 4.99 Å². The molecule has 0 aliphatic carbocycles. The van der Waals surface area contributed by atoms with Crippen molar-refractivity contribution < 1.29 is 27.9 Å². The number of amides is 3. The molecule has 12 heteroatoms. The van der Waals surface area contributed by atoms with Gasteiger partial charge in [0.25, 0.3) is 0 Å². The fraction of sp³-hybridized carbons (Fsp3) is 0.161. The Balaban J connectivity index is 1.24. The molecule has 0 bridgehead atoms. The van der Waals surface area contributed by atoms with Gasteiger partial charge >= 0.3 is 6.09 Å². The van der Waals surface area contributed by atoms with Gasteiger partial charge in [-0.05, 0) is 60.5 Å². The average molecular weight is 621 g/mol. The highest BCUT2D eigenvalue weighted by Gasteiger charge is 2.39. The number of ether oxygens (including phenoxy) is 1. The number of nitrogens with one attached hydrogen (secondary N) is 2. The van der Waals surface area contributed by atoms with Crippen molar-refractivity contribution in [1.82, 2.24) is 10.2 Å². The molecule has 5 rings (SSSR count). The van der Waals surface area contributed by atoms with Crippen molar-refractivity contribution in [3.8, 4) is 0 Å². The van der Waals surface area contributed by atoms with Crippen LogP contribution in [-0.4, -0.2) is 34.0 Å². The first-order valence-corrected chi connectivity index (χ1v) is 14.4. The summed E-state index contributed by atoms with van der Waals surface area (Å²) in [5.41, 5.74) is 2.32. The van der Waals surface area contributed by atoms with Crippen molar-refractivity contribution >= 4 is 57.8 Å². The second kappa shape index (κ2) is 13.6. The largest absolute Gasteiger partial charge is 0.467 e. The molecular weight excluding hydrogens is 595 g/mol. The predicted octanol–water partition coefficient (Wildman–Crippen LogP) is 6.83. The Morgan fingerprint density at radius 2 is 1.86 bits per heavy atom. The Bertz CT molecular complexity index is 1630. The quantitative estimate of drug-likeness (QED) is 0.212. The fourth-order valence-electron chi connectivity index (χ4n) is 4.13. The molecule has 1 unspecified atom stereocenters. The molecule has 1 aromatic heterocycles. The van der Waals surface area contributed by atoms with E-state index in [1.54, 1.807) is 43.3 Å². The maximum absolute atomic E-state index is 13.6. The molecule has 3 aromatic carbocycles. The van der Waals surface area contributed by atoms with Gasteiger partial charge in [-0.25, -0.2) is 14.2 Å². The molecule has 0 spiro atoms. The number of thioether (sulfide) groups is 1. The highest BCUT2D eigenvalue weighted by atomic mass is 35.5. The van der Waals surface area contributed by atoms with Crippen LogP contribution in [0, 0.1) is 5.82 Å². The number of nitrogens with zero attached hydrogens (tertiary/aromatic N) is 2. The summed E-state index contributed by atoms with van der Waals surface area (Å²) in [7, 11) is 0. The van der Waals surface area contributed by atoms with E-state index in [0.29, 0.717) is 27.9 Å². The van der Waals surface area contributed by atoms with Gasteiger partial charge in [0.15, 0.2) is 5.17 Å². The molecule has 2 N–H and O–H groups in total. The summed E-state index contributed by atoms with van der Waals surface area (Å²) in [5, 5.41) is 5.14. The zero-order valence-corrected chi connectivity index (χ0v) is 24.4. The van der Waals surface area contributed by atoms with Gasteiger partial charge in [0.05, 0.1) is 23.5 Å². The third kappa shape index (κ3) is 7.62. The molecule has 2 atom stereocenters. The maximum atomic E-state index is 13.6. The normalized spacial score (nSPS) is 16.3. The Labute approximate surface area is 256 Å². The molecule has 9 nitrogen and oxygen atoms in total. The van der Waals surface area contributed by atoms with Crippen molar-refractivity contribution in [3.05, 3.63) is 119 Å². The van der Waals surface area contributed by atoms with Crippen LogP contribution in [0.4, 0.5) is 20.6 Å². The number of carbonyl (C=O) groups is 3. The first-order chi connectivity index (χ1) is 20.8. The van der Waals surface area contributed by atoms with Crippen LogP contribution < -0.4 is 10.6 Å². The number of rotatable bonds is 9. The second-order valence-electron chi connectivity index (χ2n) is 9.53. The zero-order chi connectivity index (χ0) is 30.3. The summed E-state index contributed by atoms with van der Waals surface area (Å²) < 4.78 is 24.2. The average Bonchev–Trinajstić information content (AvgIpc) is 3.62. The number of benzene rings is 3. The van der Waals surface area contributed by atoms with Gasteiger partial charge in [0, 0.05) is 5.69 Å². The molecule has 4 aromatic rings. The number of aliphatic imine (C=N–C) groups is 1. The van der Waals surface area contributed by atoms with E-state index in [1.807, 2.05) is 30.3 Å². The highest BCUT2D eigenvalue weighted by Crippen LogP contribution is 2.42. The van der Waals surface area contributed by atoms with Gasteiger partial charge in [-0.1, -0.05) is 65.8 Å². The lowest BCUT2D eigenvalue weighted by atomic mass is 10.1. The Morgan fingerprint density at radius 3 is 2.56 bits per heavy atom. The monoisotopic (exact) mass is 620 g/mol. The van der Waals surface area contributed by atoms with E-state index >= 15 is 0 Å². The lowest BCUT2D eigenvalue weighted by Gasteiger charge is -2.16. The zero-order valence-electron chi connectivity index (χ0n) is 22.8. The van der Waals surface area contributed by atoms with Crippen molar-refractivity contribution in [2.45, 2.75) is 31.4 Å². The first-order valence-electron chi connectivity index (χ1n) is 13.2. The molecule has 43 heavy (non-hydrogen) atoms. The fourth-order valence-corrected chi connectivity index (χ4v) is 5.50. The van der Waals surface area contributed by atoms with Crippen molar-refractivity contribution in [3.63, 3.8) is 0 Å². The van der Waals surface area contributed by atoms with E-state index in [4.69, 9.17) is 20.8 Å². The summed E-state index contributed by atoms with van der Waals surface area (Å²) in [6.07, 6.45) is 0.808. The van der Waals surface area contributed by atoms with Gasteiger partial charge < -0.3 is 19.8 Å². The molecule has 0 radical (unpaired) electrons. The van der Waals surface area contributed by atoms with E-state index in [9.17, 15) is 18.8 Å². The highest BCUT2D eigenvalue weighted by molar-refractivity contribution is 8.15. The standard InChI is InChI=1S/C31H26ClFN4O5S/c1-19(34-31(40)42-18-20-6-3-2-4-7-20)28(38)35-23-12-9-21(10-13-23)27-29(39)37(17-24-8-5-15-41-24)30(43-27)36-26-14-11-22(33)16-25(26)32/h2-16,19,27H,17-18H2,1H3,(H,34,40)(H,35,38)/t19-,27?/m1/s1. The molecule has 0 saturated carbocycles. The van der Waals surface area contributed by atoms with Crippen LogP contribution in [0.3, 0.4) is 0 Å². The van der Waals surface area contributed by atoms with Gasteiger partial charge in [0.1, 0.15) is 29.5 Å². The molecule has 1 aliphatic heterocycles. The SMILES string of the molecule is C[C@@H](NC(=O)OCc1ccccc1)C(=O)Nc1ccc(C2SC(=Nc3ccc(F)cc3Cl)N(Cc3ccco3)C2=O)cc1. The Hall–Kier alpha value is -4.61. The van der Waals surface area contributed by atoms with Gasteiger partial charge in [0.2, 0.25) is 11.8 Å². The number of furan rings is 1. The Morgan fingerprint density at radius 1 is 1.09 bits per heavy atom. The van der Waals surface area contributed by atoms with Crippen LogP contribution in [0.25, 0.3) is 0 Å². The summed E-state index contributed by atoms with van der Waals surface area (Å²) in [6, 6.07) is 22.5. The number of alkyl carbamates (subject to hydrolysis) is 1. The number of hydrogen-bond donors (Lipinski definition) is 2. The number of carbonyl (C=O) groups excluding carboxylic acids is 3. The van der Waals surface area contributed by atoms with Crippen LogP contribution in [0.5, 0.6) is 0 Å². The summed E-state index contributed by atoms with van der Waals surface area (Å²) in [6.45, 7) is 1.78. The molecule has 2 heterocycles. The van der Waals surface area contributed by atoms with Crippen LogP contribution in [0.15, 0.2) is 101 Å². The topological polar surface area (TPSA) is 113 Å².